The number of hydrogen-bond donors (Lipinski definition) is 0. The lowest BCUT2D eigenvalue weighted by Gasteiger charge is -2.33. The van der Waals surface area contributed by atoms with Gasteiger partial charge in [0.1, 0.15) is 0 Å². The standard InChI is InChI=1S/C14H24/c1-5-12-9-10-14(7-3,8-4)11-13(12)6-2/h9-10H,5-8,11H2,1-4H3. The molecule has 0 saturated heterocycles. The van der Waals surface area contributed by atoms with Crippen LogP contribution in [0.15, 0.2) is 23.3 Å². The van der Waals surface area contributed by atoms with E-state index in [-0.39, 0.29) is 0 Å². The SMILES string of the molecule is CCC1=C(CC)CC(CC)(CC)C=C1. The van der Waals surface area contributed by atoms with E-state index < -0.39 is 0 Å². The van der Waals surface area contributed by atoms with Crippen LogP contribution in [0.1, 0.15) is 59.8 Å². The molecule has 0 amide bonds. The number of allylic oxidation sites excluding steroid dienone is 4. The number of hydrogen-bond acceptors (Lipinski definition) is 0. The summed E-state index contributed by atoms with van der Waals surface area (Å²) in [7, 11) is 0. The Bertz CT molecular complexity index is 239. The van der Waals surface area contributed by atoms with Gasteiger partial charge in [-0.2, -0.15) is 0 Å². The molecule has 0 spiro atoms. The first kappa shape index (κ1) is 11.6. The molecule has 0 saturated carbocycles. The second-order valence-corrected chi connectivity index (χ2v) is 4.42. The molecular weight excluding hydrogens is 168 g/mol. The zero-order valence-corrected chi connectivity index (χ0v) is 10.2. The normalized spacial score (nSPS) is 20.3. The summed E-state index contributed by atoms with van der Waals surface area (Å²) in [5.41, 5.74) is 3.76. The molecule has 0 aromatic heterocycles. The van der Waals surface area contributed by atoms with Crippen molar-refractivity contribution >= 4 is 0 Å². The van der Waals surface area contributed by atoms with Crippen LogP contribution in [0.25, 0.3) is 0 Å². The summed E-state index contributed by atoms with van der Waals surface area (Å²) in [5, 5.41) is 0. The molecule has 0 aliphatic heterocycles. The van der Waals surface area contributed by atoms with Crippen LogP contribution in [-0.4, -0.2) is 0 Å². The van der Waals surface area contributed by atoms with Crippen LogP contribution in [0.5, 0.6) is 0 Å². The Labute approximate surface area is 89.1 Å². The lowest BCUT2D eigenvalue weighted by atomic mass is 9.72. The van der Waals surface area contributed by atoms with Gasteiger partial charge in [0.15, 0.2) is 0 Å². The molecule has 14 heavy (non-hydrogen) atoms. The van der Waals surface area contributed by atoms with E-state index in [0.29, 0.717) is 5.41 Å². The summed E-state index contributed by atoms with van der Waals surface area (Å²) in [5.74, 6) is 0. The van der Waals surface area contributed by atoms with Gasteiger partial charge in [-0.15, -0.1) is 0 Å². The van der Waals surface area contributed by atoms with E-state index in [1.165, 1.54) is 32.1 Å². The van der Waals surface area contributed by atoms with Crippen LogP contribution in [0, 0.1) is 5.41 Å². The minimum Gasteiger partial charge on any atom is -0.0777 e. The predicted octanol–water partition coefficient (Wildman–Crippen LogP) is 4.87. The van der Waals surface area contributed by atoms with Gasteiger partial charge < -0.3 is 0 Å². The van der Waals surface area contributed by atoms with Crippen LogP contribution < -0.4 is 0 Å². The second-order valence-electron chi connectivity index (χ2n) is 4.42. The Hall–Kier alpha value is -0.520. The molecule has 0 nitrogen and oxygen atoms in total. The van der Waals surface area contributed by atoms with E-state index in [4.69, 9.17) is 0 Å². The van der Waals surface area contributed by atoms with Crippen molar-refractivity contribution in [3.8, 4) is 0 Å². The van der Waals surface area contributed by atoms with Crippen molar-refractivity contribution in [1.82, 2.24) is 0 Å². The fraction of sp³-hybridized carbons (Fsp3) is 0.714. The highest BCUT2D eigenvalue weighted by Crippen LogP contribution is 2.41. The van der Waals surface area contributed by atoms with Gasteiger partial charge in [0.25, 0.3) is 0 Å². The van der Waals surface area contributed by atoms with Crippen LogP contribution >= 0.6 is 0 Å². The fourth-order valence-corrected chi connectivity index (χ4v) is 2.45. The van der Waals surface area contributed by atoms with Gasteiger partial charge in [-0.25, -0.2) is 0 Å². The van der Waals surface area contributed by atoms with Crippen LogP contribution in [0.3, 0.4) is 0 Å². The maximum atomic E-state index is 2.46. The number of rotatable bonds is 4. The molecule has 0 atom stereocenters. The van der Waals surface area contributed by atoms with Gasteiger partial charge in [-0.05, 0) is 43.1 Å². The Morgan fingerprint density at radius 1 is 1.07 bits per heavy atom. The first-order valence-corrected chi connectivity index (χ1v) is 6.11. The Balaban J connectivity index is 2.89. The van der Waals surface area contributed by atoms with E-state index in [9.17, 15) is 0 Å². The van der Waals surface area contributed by atoms with E-state index in [2.05, 4.69) is 39.8 Å². The van der Waals surface area contributed by atoms with Crippen LogP contribution in [0.4, 0.5) is 0 Å². The molecule has 1 rings (SSSR count). The molecule has 0 aromatic rings. The van der Waals surface area contributed by atoms with Crippen LogP contribution in [0.2, 0.25) is 0 Å². The minimum absolute atomic E-state index is 0.476. The topological polar surface area (TPSA) is 0 Å². The minimum atomic E-state index is 0.476. The largest absolute Gasteiger partial charge is 0.0777 e. The Morgan fingerprint density at radius 2 is 1.71 bits per heavy atom. The molecule has 0 N–H and O–H groups in total. The third-order valence-corrected chi connectivity index (χ3v) is 3.87. The average molecular weight is 192 g/mol. The zero-order chi connectivity index (χ0) is 10.6. The first-order valence-electron chi connectivity index (χ1n) is 6.11. The molecule has 1 aliphatic carbocycles. The van der Waals surface area contributed by atoms with Crippen molar-refractivity contribution in [3.63, 3.8) is 0 Å². The second kappa shape index (κ2) is 4.82. The van der Waals surface area contributed by atoms with Crippen molar-refractivity contribution in [2.24, 2.45) is 5.41 Å². The van der Waals surface area contributed by atoms with Crippen molar-refractivity contribution in [2.45, 2.75) is 59.8 Å². The molecule has 0 heteroatoms. The van der Waals surface area contributed by atoms with E-state index in [1.54, 1.807) is 11.1 Å². The van der Waals surface area contributed by atoms with Gasteiger partial charge in [-0.3, -0.25) is 0 Å². The molecule has 0 fully saturated rings. The quantitative estimate of drug-likeness (QED) is 0.596. The summed E-state index contributed by atoms with van der Waals surface area (Å²) < 4.78 is 0. The monoisotopic (exact) mass is 192 g/mol. The fourth-order valence-electron chi connectivity index (χ4n) is 2.45. The summed E-state index contributed by atoms with van der Waals surface area (Å²) in [6, 6.07) is 0. The molecule has 0 radical (unpaired) electrons. The zero-order valence-electron chi connectivity index (χ0n) is 10.2. The van der Waals surface area contributed by atoms with Crippen molar-refractivity contribution in [1.29, 1.82) is 0 Å². The average Bonchev–Trinajstić information content (AvgIpc) is 2.28. The van der Waals surface area contributed by atoms with Gasteiger partial charge >= 0.3 is 0 Å². The van der Waals surface area contributed by atoms with E-state index in [1.807, 2.05) is 0 Å². The lowest BCUT2D eigenvalue weighted by Crippen LogP contribution is -2.20. The third-order valence-electron chi connectivity index (χ3n) is 3.87. The highest BCUT2D eigenvalue weighted by atomic mass is 14.3. The van der Waals surface area contributed by atoms with Crippen molar-refractivity contribution in [3.05, 3.63) is 23.3 Å². The van der Waals surface area contributed by atoms with Gasteiger partial charge in [0.2, 0.25) is 0 Å². The molecular formula is C14H24. The highest BCUT2D eigenvalue weighted by Gasteiger charge is 2.27. The molecule has 80 valence electrons. The smallest absolute Gasteiger partial charge is 0.00829 e. The molecule has 1 aliphatic rings. The van der Waals surface area contributed by atoms with Gasteiger partial charge in [0, 0.05) is 0 Å². The maximum absolute atomic E-state index is 2.46. The maximum Gasteiger partial charge on any atom is -0.00829 e. The molecule has 0 aromatic carbocycles. The van der Waals surface area contributed by atoms with Gasteiger partial charge in [0.05, 0.1) is 0 Å². The van der Waals surface area contributed by atoms with Crippen molar-refractivity contribution < 1.29 is 0 Å². The summed E-state index contributed by atoms with van der Waals surface area (Å²) >= 11 is 0. The van der Waals surface area contributed by atoms with Crippen LogP contribution in [-0.2, 0) is 0 Å². The van der Waals surface area contributed by atoms with E-state index in [0.717, 1.165) is 0 Å². The summed E-state index contributed by atoms with van der Waals surface area (Å²) in [4.78, 5) is 0. The van der Waals surface area contributed by atoms with Gasteiger partial charge in [-0.1, -0.05) is 45.4 Å². The molecule has 0 heterocycles. The first-order chi connectivity index (χ1) is 6.71. The summed E-state index contributed by atoms with van der Waals surface area (Å²) in [6.07, 6.45) is 11.1. The van der Waals surface area contributed by atoms with Crippen molar-refractivity contribution in [2.75, 3.05) is 0 Å². The Morgan fingerprint density at radius 3 is 2.14 bits per heavy atom. The molecule has 0 bridgehead atoms. The van der Waals surface area contributed by atoms with E-state index >= 15 is 0 Å². The summed E-state index contributed by atoms with van der Waals surface area (Å²) in [6.45, 7) is 9.19. The highest BCUT2D eigenvalue weighted by molar-refractivity contribution is 5.32. The molecule has 0 unspecified atom stereocenters. The predicted molar refractivity (Wildman–Crippen MR) is 64.4 cm³/mol. The Kier molecular flexibility index (Phi) is 3.97. The lowest BCUT2D eigenvalue weighted by molar-refractivity contribution is 0.340. The third kappa shape index (κ3) is 2.10.